The maximum absolute atomic E-state index is 5.58. The molecular weight excluding hydrogens is 623 g/mol. The summed E-state index contributed by atoms with van der Waals surface area (Å²) in [6, 6.07) is 52.0. The molecule has 0 aliphatic carbocycles. The van der Waals surface area contributed by atoms with Gasteiger partial charge in [-0.15, -0.1) is 0 Å². The molecule has 4 aromatic heterocycles. The number of imidazole rings is 1. The third-order valence-corrected chi connectivity index (χ3v) is 10.3. The van der Waals surface area contributed by atoms with Crippen molar-refractivity contribution in [2.75, 3.05) is 0 Å². The van der Waals surface area contributed by atoms with Crippen molar-refractivity contribution in [1.29, 1.82) is 0 Å². The molecule has 10 rings (SSSR count). The molecule has 4 heterocycles. The predicted octanol–water partition coefficient (Wildman–Crippen LogP) is 11.8. The van der Waals surface area contributed by atoms with E-state index < -0.39 is 0 Å². The van der Waals surface area contributed by atoms with Crippen LogP contribution in [0.1, 0.15) is 26.3 Å². The first kappa shape index (κ1) is 29.5. The Bertz CT molecular complexity index is 2950. The van der Waals surface area contributed by atoms with E-state index in [1.807, 2.05) is 18.3 Å². The van der Waals surface area contributed by atoms with Gasteiger partial charge in [0.2, 0.25) is 0 Å². The zero-order valence-electron chi connectivity index (χ0n) is 28.7. The van der Waals surface area contributed by atoms with Gasteiger partial charge in [-0.05, 0) is 71.1 Å². The smallest absolute Gasteiger partial charge is 0.147 e. The fraction of sp³-hybridized carbons (Fsp3) is 0.0870. The van der Waals surface area contributed by atoms with Crippen LogP contribution in [-0.2, 0) is 5.41 Å². The monoisotopic (exact) mass is 657 g/mol. The van der Waals surface area contributed by atoms with E-state index in [1.165, 1.54) is 27.1 Å². The Balaban J connectivity index is 1.27. The van der Waals surface area contributed by atoms with Crippen molar-refractivity contribution < 1.29 is 0 Å². The molecule has 0 fully saturated rings. The van der Waals surface area contributed by atoms with E-state index in [4.69, 9.17) is 9.97 Å². The highest BCUT2D eigenvalue weighted by molar-refractivity contribution is 6.13. The number of pyridine rings is 1. The molecule has 244 valence electrons. The van der Waals surface area contributed by atoms with Gasteiger partial charge in [0.25, 0.3) is 0 Å². The molecule has 5 heteroatoms. The standard InChI is InChI=1S/C46H35N5/c1-46(2,3)30-13-10-14-31(28-30)50-40-22-12-17-32(44(40)49-45(50)37-19-11-18-36-33-15-4-6-20-38(33)48-43(36)37)29-24-25-35-34-16-5-7-21-39(34)51(41(35)27-29)42-23-8-9-26-47-42/h4-28,48H,1-3H3. The lowest BCUT2D eigenvalue weighted by Gasteiger charge is -2.20. The number of fused-ring (bicyclic) bond motifs is 7. The summed E-state index contributed by atoms with van der Waals surface area (Å²) in [6.07, 6.45) is 1.86. The Morgan fingerprint density at radius 1 is 0.549 bits per heavy atom. The van der Waals surface area contributed by atoms with Gasteiger partial charge in [0.1, 0.15) is 11.6 Å². The number of aromatic nitrogens is 5. The minimum absolute atomic E-state index is 0.00358. The molecule has 5 nitrogen and oxygen atoms in total. The molecule has 0 unspecified atom stereocenters. The van der Waals surface area contributed by atoms with Gasteiger partial charge in [0.15, 0.2) is 0 Å². The highest BCUT2D eigenvalue weighted by atomic mass is 15.1. The second-order valence-electron chi connectivity index (χ2n) is 14.4. The molecule has 0 radical (unpaired) electrons. The molecule has 51 heavy (non-hydrogen) atoms. The number of nitrogens with zero attached hydrogens (tertiary/aromatic N) is 4. The lowest BCUT2D eigenvalue weighted by atomic mass is 9.87. The highest BCUT2D eigenvalue weighted by Gasteiger charge is 2.23. The molecule has 0 spiro atoms. The number of nitrogens with one attached hydrogen (secondary N) is 1. The molecule has 0 bridgehead atoms. The number of hydrogen-bond donors (Lipinski definition) is 1. The molecule has 0 saturated carbocycles. The summed E-state index contributed by atoms with van der Waals surface area (Å²) in [6.45, 7) is 6.80. The van der Waals surface area contributed by atoms with Gasteiger partial charge in [0, 0.05) is 50.1 Å². The molecule has 0 atom stereocenters. The van der Waals surface area contributed by atoms with Gasteiger partial charge >= 0.3 is 0 Å². The van der Waals surface area contributed by atoms with Crippen molar-refractivity contribution in [3.8, 4) is 34.0 Å². The van der Waals surface area contributed by atoms with Crippen molar-refractivity contribution >= 4 is 54.6 Å². The SMILES string of the molecule is CC(C)(C)c1cccc(-n2c(-c3cccc4c3[nH]c3ccccc34)nc3c(-c4ccc5c6ccccc6n(-c6ccccn6)c5c4)cccc32)c1. The summed E-state index contributed by atoms with van der Waals surface area (Å²) < 4.78 is 4.62. The number of aromatic amines is 1. The molecule has 0 aliphatic rings. The third kappa shape index (κ3) is 4.55. The van der Waals surface area contributed by atoms with Crippen LogP contribution in [0, 0.1) is 0 Å². The predicted molar refractivity (Wildman–Crippen MR) is 212 cm³/mol. The fourth-order valence-electron chi connectivity index (χ4n) is 7.82. The lowest BCUT2D eigenvalue weighted by molar-refractivity contribution is 0.590. The number of para-hydroxylation sites is 4. The van der Waals surface area contributed by atoms with Crippen LogP contribution in [0.25, 0.3) is 88.7 Å². The van der Waals surface area contributed by atoms with E-state index in [0.717, 1.165) is 67.1 Å². The van der Waals surface area contributed by atoms with Crippen LogP contribution in [0.15, 0.2) is 152 Å². The highest BCUT2D eigenvalue weighted by Crippen LogP contribution is 2.40. The van der Waals surface area contributed by atoms with Crippen molar-refractivity contribution in [2.24, 2.45) is 0 Å². The Labute approximate surface area is 295 Å². The number of rotatable bonds is 4. The lowest BCUT2D eigenvalue weighted by Crippen LogP contribution is -2.11. The third-order valence-electron chi connectivity index (χ3n) is 10.3. The van der Waals surface area contributed by atoms with Crippen molar-refractivity contribution in [3.63, 3.8) is 0 Å². The van der Waals surface area contributed by atoms with Crippen molar-refractivity contribution in [2.45, 2.75) is 26.2 Å². The fourth-order valence-corrected chi connectivity index (χ4v) is 7.82. The van der Waals surface area contributed by atoms with E-state index in [2.05, 4.69) is 168 Å². The van der Waals surface area contributed by atoms with Crippen LogP contribution in [0.2, 0.25) is 0 Å². The summed E-state index contributed by atoms with van der Waals surface area (Å²) in [5.41, 5.74) is 12.1. The van der Waals surface area contributed by atoms with Gasteiger partial charge in [-0.3, -0.25) is 9.13 Å². The Hall–Kier alpha value is -6.46. The van der Waals surface area contributed by atoms with E-state index in [0.29, 0.717) is 0 Å². The second kappa shape index (κ2) is 11.0. The molecule has 1 N–H and O–H groups in total. The molecular formula is C46H35N5. The number of H-pyrrole nitrogens is 1. The Kier molecular flexibility index (Phi) is 6.37. The minimum Gasteiger partial charge on any atom is -0.354 e. The van der Waals surface area contributed by atoms with Crippen molar-refractivity contribution in [3.05, 3.63) is 157 Å². The van der Waals surface area contributed by atoms with Crippen LogP contribution >= 0.6 is 0 Å². The van der Waals surface area contributed by atoms with Gasteiger partial charge < -0.3 is 4.98 Å². The summed E-state index contributed by atoms with van der Waals surface area (Å²) >= 11 is 0. The molecule has 6 aromatic carbocycles. The molecule has 0 aliphatic heterocycles. The minimum atomic E-state index is -0.00358. The van der Waals surface area contributed by atoms with Gasteiger partial charge in [-0.2, -0.15) is 0 Å². The first-order chi connectivity index (χ1) is 24.9. The Morgan fingerprint density at radius 2 is 1.27 bits per heavy atom. The van der Waals surface area contributed by atoms with Crippen LogP contribution in [0.4, 0.5) is 0 Å². The normalized spacial score (nSPS) is 12.2. The van der Waals surface area contributed by atoms with E-state index >= 15 is 0 Å². The summed E-state index contributed by atoms with van der Waals surface area (Å²) in [5.74, 6) is 1.81. The van der Waals surface area contributed by atoms with E-state index in [9.17, 15) is 0 Å². The number of benzene rings is 6. The van der Waals surface area contributed by atoms with Crippen LogP contribution < -0.4 is 0 Å². The second-order valence-corrected chi connectivity index (χ2v) is 14.4. The maximum atomic E-state index is 5.58. The summed E-state index contributed by atoms with van der Waals surface area (Å²) in [4.78, 5) is 14.1. The van der Waals surface area contributed by atoms with Crippen molar-refractivity contribution in [1.82, 2.24) is 24.1 Å². The molecule has 0 amide bonds. The summed E-state index contributed by atoms with van der Waals surface area (Å²) in [5, 5.41) is 4.81. The maximum Gasteiger partial charge on any atom is 0.147 e. The Morgan fingerprint density at radius 3 is 2.14 bits per heavy atom. The van der Waals surface area contributed by atoms with Crippen LogP contribution in [-0.4, -0.2) is 24.1 Å². The largest absolute Gasteiger partial charge is 0.354 e. The first-order valence-electron chi connectivity index (χ1n) is 17.5. The molecule has 10 aromatic rings. The van der Waals surface area contributed by atoms with Gasteiger partial charge in [0.05, 0.1) is 27.6 Å². The average molecular weight is 658 g/mol. The zero-order chi connectivity index (χ0) is 34.3. The van der Waals surface area contributed by atoms with Gasteiger partial charge in [-0.25, -0.2) is 9.97 Å². The van der Waals surface area contributed by atoms with E-state index in [1.54, 1.807) is 0 Å². The van der Waals surface area contributed by atoms with Crippen LogP contribution in [0.3, 0.4) is 0 Å². The van der Waals surface area contributed by atoms with E-state index in [-0.39, 0.29) is 5.41 Å². The average Bonchev–Trinajstić information content (AvgIpc) is 3.84. The first-order valence-corrected chi connectivity index (χ1v) is 17.5. The molecule has 0 saturated heterocycles. The van der Waals surface area contributed by atoms with Gasteiger partial charge in [-0.1, -0.05) is 112 Å². The summed E-state index contributed by atoms with van der Waals surface area (Å²) in [7, 11) is 0. The quantitative estimate of drug-likeness (QED) is 0.205. The topological polar surface area (TPSA) is 51.4 Å². The number of hydrogen-bond acceptors (Lipinski definition) is 2. The zero-order valence-corrected chi connectivity index (χ0v) is 28.7. The van der Waals surface area contributed by atoms with Crippen LogP contribution in [0.5, 0.6) is 0 Å².